The van der Waals surface area contributed by atoms with Crippen molar-refractivity contribution in [2.45, 2.75) is 37.8 Å². The van der Waals surface area contributed by atoms with E-state index in [2.05, 4.69) is 169 Å². The highest BCUT2D eigenvalue weighted by Gasteiger charge is 2.22. The molecule has 0 heterocycles. The summed E-state index contributed by atoms with van der Waals surface area (Å²) in [7, 11) is 0. The molecule has 0 radical (unpaired) electrons. The van der Waals surface area contributed by atoms with Crippen molar-refractivity contribution < 1.29 is 0 Å². The van der Waals surface area contributed by atoms with Crippen LogP contribution in [0, 0.1) is 0 Å². The third-order valence-corrected chi connectivity index (χ3v) is 8.31. The second kappa shape index (κ2) is 16.4. The SMILES string of the molecule is C=C(CC(NCCc1ccccc1)c1ccccc1C(CC(=C)c1ccccc1)NCCc1ccccc1)c1ccccc1. The van der Waals surface area contributed by atoms with Gasteiger partial charge in [0.1, 0.15) is 0 Å². The maximum absolute atomic E-state index is 4.53. The minimum atomic E-state index is 0.117. The number of rotatable bonds is 16. The molecular formula is C42H44N2. The summed E-state index contributed by atoms with van der Waals surface area (Å²) in [6.45, 7) is 10.8. The molecule has 2 unspecified atom stereocenters. The van der Waals surface area contributed by atoms with E-state index in [-0.39, 0.29) is 12.1 Å². The Bertz CT molecular complexity index is 1450. The average Bonchev–Trinajstić information content (AvgIpc) is 3.09. The third-order valence-electron chi connectivity index (χ3n) is 8.31. The molecule has 2 atom stereocenters. The van der Waals surface area contributed by atoms with E-state index in [1.54, 1.807) is 0 Å². The minimum absolute atomic E-state index is 0.117. The maximum atomic E-state index is 4.53. The molecular weight excluding hydrogens is 532 g/mol. The summed E-state index contributed by atoms with van der Waals surface area (Å²) >= 11 is 0. The fourth-order valence-electron chi connectivity index (χ4n) is 5.88. The molecule has 0 aliphatic carbocycles. The van der Waals surface area contributed by atoms with E-state index in [4.69, 9.17) is 0 Å². The van der Waals surface area contributed by atoms with Crippen LogP contribution < -0.4 is 10.6 Å². The normalized spacial score (nSPS) is 12.4. The van der Waals surface area contributed by atoms with Gasteiger partial charge in [0, 0.05) is 12.1 Å². The number of hydrogen-bond donors (Lipinski definition) is 2. The zero-order valence-corrected chi connectivity index (χ0v) is 25.7. The lowest BCUT2D eigenvalue weighted by molar-refractivity contribution is 0.510. The zero-order chi connectivity index (χ0) is 30.4. The molecule has 0 aliphatic heterocycles. The van der Waals surface area contributed by atoms with E-state index in [9.17, 15) is 0 Å². The molecule has 0 fully saturated rings. The Hall–Kier alpha value is -4.50. The van der Waals surface area contributed by atoms with Crippen LogP contribution in [0.1, 0.15) is 58.3 Å². The lowest BCUT2D eigenvalue weighted by atomic mass is 9.87. The van der Waals surface area contributed by atoms with Crippen molar-refractivity contribution in [2.75, 3.05) is 13.1 Å². The Balaban J connectivity index is 1.42. The Kier molecular flexibility index (Phi) is 11.5. The number of benzene rings is 5. The van der Waals surface area contributed by atoms with Crippen molar-refractivity contribution in [2.24, 2.45) is 0 Å². The van der Waals surface area contributed by atoms with Crippen LogP contribution in [0.5, 0.6) is 0 Å². The molecule has 0 saturated carbocycles. The van der Waals surface area contributed by atoms with Gasteiger partial charge in [0.05, 0.1) is 0 Å². The average molecular weight is 577 g/mol. The van der Waals surface area contributed by atoms with Crippen molar-refractivity contribution in [1.82, 2.24) is 10.6 Å². The standard InChI is InChI=1S/C42H44N2/c1-33(37-21-11-5-12-22-37)31-41(43-29-27-35-17-7-3-8-18-35)39-25-15-16-26-40(39)42(32-34(2)38-23-13-6-14-24-38)44-30-28-36-19-9-4-10-20-36/h3-26,41-44H,1-2,27-32H2. The first kappa shape index (κ1) is 30.9. The number of nitrogens with one attached hydrogen (secondary N) is 2. The lowest BCUT2D eigenvalue weighted by Crippen LogP contribution is -2.29. The Morgan fingerprint density at radius 3 is 1.11 bits per heavy atom. The van der Waals surface area contributed by atoms with Crippen LogP contribution >= 0.6 is 0 Å². The van der Waals surface area contributed by atoms with E-state index in [1.165, 1.54) is 33.4 Å². The van der Waals surface area contributed by atoms with Crippen molar-refractivity contribution in [3.05, 3.63) is 192 Å². The van der Waals surface area contributed by atoms with Gasteiger partial charge in [-0.3, -0.25) is 0 Å². The predicted molar refractivity (Wildman–Crippen MR) is 188 cm³/mol. The second-order valence-corrected chi connectivity index (χ2v) is 11.5. The Morgan fingerprint density at radius 2 is 0.750 bits per heavy atom. The summed E-state index contributed by atoms with van der Waals surface area (Å²) in [6, 6.07) is 51.7. The van der Waals surface area contributed by atoms with Crippen LogP contribution in [-0.2, 0) is 12.8 Å². The fourth-order valence-corrected chi connectivity index (χ4v) is 5.88. The molecule has 0 aromatic heterocycles. The van der Waals surface area contributed by atoms with Gasteiger partial charge in [0.15, 0.2) is 0 Å². The monoisotopic (exact) mass is 576 g/mol. The van der Waals surface area contributed by atoms with E-state index in [0.717, 1.165) is 49.9 Å². The van der Waals surface area contributed by atoms with Gasteiger partial charge in [-0.2, -0.15) is 0 Å². The van der Waals surface area contributed by atoms with Crippen LogP contribution in [0.25, 0.3) is 11.1 Å². The van der Waals surface area contributed by atoms with E-state index in [1.807, 2.05) is 0 Å². The van der Waals surface area contributed by atoms with Gasteiger partial charge in [-0.15, -0.1) is 0 Å². The highest BCUT2D eigenvalue weighted by atomic mass is 14.9. The molecule has 44 heavy (non-hydrogen) atoms. The van der Waals surface area contributed by atoms with Gasteiger partial charge in [0.25, 0.3) is 0 Å². The molecule has 0 spiro atoms. The molecule has 0 saturated heterocycles. The molecule has 0 aliphatic rings. The van der Waals surface area contributed by atoms with Crippen LogP contribution in [0.15, 0.2) is 159 Å². The smallest absolute Gasteiger partial charge is 0.0364 e. The maximum Gasteiger partial charge on any atom is 0.0364 e. The summed E-state index contributed by atoms with van der Waals surface area (Å²) < 4.78 is 0. The zero-order valence-electron chi connectivity index (χ0n) is 25.7. The van der Waals surface area contributed by atoms with Gasteiger partial charge in [-0.25, -0.2) is 0 Å². The van der Waals surface area contributed by atoms with Crippen molar-refractivity contribution >= 4 is 11.1 Å². The van der Waals surface area contributed by atoms with Gasteiger partial charge in [-0.1, -0.05) is 159 Å². The van der Waals surface area contributed by atoms with Crippen LogP contribution in [-0.4, -0.2) is 13.1 Å². The minimum Gasteiger partial charge on any atom is -0.309 e. The van der Waals surface area contributed by atoms with E-state index >= 15 is 0 Å². The largest absolute Gasteiger partial charge is 0.309 e. The molecule has 0 bridgehead atoms. The third kappa shape index (κ3) is 9.00. The van der Waals surface area contributed by atoms with Gasteiger partial charge in [-0.05, 0) is 83.3 Å². The first-order valence-corrected chi connectivity index (χ1v) is 15.8. The molecule has 2 N–H and O–H groups in total. The second-order valence-electron chi connectivity index (χ2n) is 11.5. The topological polar surface area (TPSA) is 24.1 Å². The lowest BCUT2D eigenvalue weighted by Gasteiger charge is -2.28. The molecule has 222 valence electrons. The van der Waals surface area contributed by atoms with Crippen molar-refractivity contribution in [3.63, 3.8) is 0 Å². The molecule has 5 rings (SSSR count). The summed E-state index contributed by atoms with van der Waals surface area (Å²) in [4.78, 5) is 0. The summed E-state index contributed by atoms with van der Waals surface area (Å²) in [5.41, 5.74) is 9.97. The fraction of sp³-hybridized carbons (Fsp3) is 0.190. The predicted octanol–water partition coefficient (Wildman–Crippen LogP) is 9.64. The van der Waals surface area contributed by atoms with Crippen LogP contribution in [0.2, 0.25) is 0 Å². The quantitative estimate of drug-likeness (QED) is 0.122. The molecule has 2 nitrogen and oxygen atoms in total. The molecule has 0 amide bonds. The summed E-state index contributed by atoms with van der Waals surface area (Å²) in [5, 5.41) is 7.87. The highest BCUT2D eigenvalue weighted by Crippen LogP contribution is 2.34. The highest BCUT2D eigenvalue weighted by molar-refractivity contribution is 5.65. The van der Waals surface area contributed by atoms with Gasteiger partial charge < -0.3 is 10.6 Å². The molecule has 5 aromatic rings. The van der Waals surface area contributed by atoms with E-state index < -0.39 is 0 Å². The number of hydrogen-bond acceptors (Lipinski definition) is 2. The first-order valence-electron chi connectivity index (χ1n) is 15.8. The van der Waals surface area contributed by atoms with Crippen LogP contribution in [0.3, 0.4) is 0 Å². The van der Waals surface area contributed by atoms with Gasteiger partial charge >= 0.3 is 0 Å². The Labute approximate surface area is 264 Å². The first-order chi connectivity index (χ1) is 21.7. The summed E-state index contributed by atoms with van der Waals surface area (Å²) in [5.74, 6) is 0. The van der Waals surface area contributed by atoms with Crippen molar-refractivity contribution in [3.8, 4) is 0 Å². The van der Waals surface area contributed by atoms with Crippen molar-refractivity contribution in [1.29, 1.82) is 0 Å². The van der Waals surface area contributed by atoms with Gasteiger partial charge in [0.2, 0.25) is 0 Å². The van der Waals surface area contributed by atoms with Crippen LogP contribution in [0.4, 0.5) is 0 Å². The van der Waals surface area contributed by atoms with E-state index in [0.29, 0.717) is 0 Å². The summed E-state index contributed by atoms with van der Waals surface area (Å²) in [6.07, 6.45) is 3.60. The molecule has 2 heteroatoms. The molecule has 5 aromatic carbocycles. The Morgan fingerprint density at radius 1 is 0.432 bits per heavy atom.